The number of carbonyl (C=O) groups is 2. The van der Waals surface area contributed by atoms with E-state index in [9.17, 15) is 9.59 Å². The third-order valence-corrected chi connectivity index (χ3v) is 5.66. The number of likely N-dealkylation sites (tertiary alicyclic amines) is 2. The van der Waals surface area contributed by atoms with Crippen molar-refractivity contribution in [2.24, 2.45) is 5.92 Å². The molecule has 146 valence electrons. The first-order valence-electron chi connectivity index (χ1n) is 9.79. The molecule has 0 N–H and O–H groups in total. The zero-order valence-electron chi connectivity index (χ0n) is 15.5. The molecule has 1 aromatic rings. The third kappa shape index (κ3) is 4.21. The fourth-order valence-corrected chi connectivity index (χ4v) is 4.26. The molecule has 3 saturated heterocycles. The van der Waals surface area contributed by atoms with Crippen LogP contribution in [0.1, 0.15) is 32.1 Å². The summed E-state index contributed by atoms with van der Waals surface area (Å²) in [5.74, 6) is 0.420. The second-order valence-corrected chi connectivity index (χ2v) is 7.50. The molecule has 8 nitrogen and oxygen atoms in total. The summed E-state index contributed by atoms with van der Waals surface area (Å²) in [6.45, 7) is 3.19. The van der Waals surface area contributed by atoms with Crippen LogP contribution >= 0.6 is 0 Å². The Balaban J connectivity index is 1.34. The minimum absolute atomic E-state index is 0.0744. The number of amides is 2. The molecule has 0 aromatic carbocycles. The molecule has 0 saturated carbocycles. The number of hydrogen-bond acceptors (Lipinski definition) is 6. The molecule has 1 aromatic heterocycles. The summed E-state index contributed by atoms with van der Waals surface area (Å²) in [4.78, 5) is 37.4. The molecule has 2 atom stereocenters. The Bertz CT molecular complexity index is 665. The Morgan fingerprint density at radius 1 is 1.19 bits per heavy atom. The molecule has 0 bridgehead atoms. The van der Waals surface area contributed by atoms with Crippen LogP contribution in [0.2, 0.25) is 0 Å². The van der Waals surface area contributed by atoms with Crippen LogP contribution in [0.25, 0.3) is 0 Å². The number of nitrogens with zero attached hydrogens (tertiary/aromatic N) is 4. The fraction of sp³-hybridized carbons (Fsp3) is 0.684. The van der Waals surface area contributed by atoms with E-state index in [-0.39, 0.29) is 29.9 Å². The Hall–Kier alpha value is -2.22. The Kier molecular flexibility index (Phi) is 5.52. The lowest BCUT2D eigenvalue weighted by molar-refractivity contribution is -0.138. The predicted octanol–water partition coefficient (Wildman–Crippen LogP) is 0.874. The van der Waals surface area contributed by atoms with Crippen LogP contribution in [0.3, 0.4) is 0 Å². The highest BCUT2D eigenvalue weighted by atomic mass is 16.5. The largest absolute Gasteiger partial charge is 0.471 e. The first-order valence-corrected chi connectivity index (χ1v) is 9.79. The van der Waals surface area contributed by atoms with Gasteiger partial charge in [-0.25, -0.2) is 4.98 Å². The predicted molar refractivity (Wildman–Crippen MR) is 95.9 cm³/mol. The minimum atomic E-state index is -0.240. The lowest BCUT2D eigenvalue weighted by Crippen LogP contribution is -2.47. The van der Waals surface area contributed by atoms with Gasteiger partial charge in [-0.1, -0.05) is 0 Å². The molecule has 0 radical (unpaired) electrons. The topological polar surface area (TPSA) is 84.9 Å². The van der Waals surface area contributed by atoms with Crippen molar-refractivity contribution in [2.45, 2.75) is 44.2 Å². The van der Waals surface area contributed by atoms with Gasteiger partial charge in [0.1, 0.15) is 6.10 Å². The summed E-state index contributed by atoms with van der Waals surface area (Å²) in [7, 11) is 0. The van der Waals surface area contributed by atoms with Gasteiger partial charge in [0.15, 0.2) is 0 Å². The number of aromatic nitrogens is 2. The van der Waals surface area contributed by atoms with E-state index in [4.69, 9.17) is 9.47 Å². The second-order valence-electron chi connectivity index (χ2n) is 7.50. The molecule has 0 aliphatic carbocycles. The summed E-state index contributed by atoms with van der Waals surface area (Å²) in [6, 6.07) is 0.221. The van der Waals surface area contributed by atoms with Gasteiger partial charge in [-0.15, -0.1) is 0 Å². The molecule has 8 heteroatoms. The van der Waals surface area contributed by atoms with Crippen LogP contribution < -0.4 is 4.74 Å². The highest BCUT2D eigenvalue weighted by Gasteiger charge is 2.40. The molecule has 2 amide bonds. The average molecular weight is 374 g/mol. The molecule has 4 heterocycles. The van der Waals surface area contributed by atoms with Crippen molar-refractivity contribution in [3.05, 3.63) is 18.6 Å². The van der Waals surface area contributed by atoms with E-state index in [1.807, 2.05) is 9.80 Å². The van der Waals surface area contributed by atoms with Crippen LogP contribution in [-0.4, -0.2) is 76.6 Å². The van der Waals surface area contributed by atoms with Crippen molar-refractivity contribution >= 4 is 11.8 Å². The van der Waals surface area contributed by atoms with Crippen molar-refractivity contribution in [2.75, 3.05) is 32.8 Å². The SMILES string of the molecule is O=C([C@H]1CC(=O)N(C2CCOCC2)C1)N1CCC[C@@H](Oc2cnccn2)C1. The second kappa shape index (κ2) is 8.21. The molecule has 3 aliphatic rings. The van der Waals surface area contributed by atoms with Crippen LogP contribution in [0.4, 0.5) is 0 Å². The van der Waals surface area contributed by atoms with Gasteiger partial charge in [-0.3, -0.25) is 14.6 Å². The summed E-state index contributed by atoms with van der Waals surface area (Å²) in [6.07, 6.45) is 8.53. The molecule has 27 heavy (non-hydrogen) atoms. The lowest BCUT2D eigenvalue weighted by Gasteiger charge is -2.34. The van der Waals surface area contributed by atoms with Gasteiger partial charge < -0.3 is 19.3 Å². The standard InChI is InChI=1S/C19H26N4O4/c24-18-10-14(12-23(18)15-3-8-26-9-4-15)19(25)22-7-1-2-16(13-22)27-17-11-20-5-6-21-17/h5-6,11,14-16H,1-4,7-10,12-13H2/t14-,16+/m0/s1. The molecular formula is C19H26N4O4. The monoisotopic (exact) mass is 374 g/mol. The van der Waals surface area contributed by atoms with Crippen molar-refractivity contribution in [1.29, 1.82) is 0 Å². The van der Waals surface area contributed by atoms with Gasteiger partial charge in [-0.05, 0) is 25.7 Å². The first-order chi connectivity index (χ1) is 13.2. The molecular weight excluding hydrogens is 348 g/mol. The van der Waals surface area contributed by atoms with E-state index in [1.54, 1.807) is 18.6 Å². The molecule has 0 unspecified atom stereocenters. The van der Waals surface area contributed by atoms with Crippen molar-refractivity contribution in [3.63, 3.8) is 0 Å². The van der Waals surface area contributed by atoms with Gasteiger partial charge in [0.2, 0.25) is 17.7 Å². The Morgan fingerprint density at radius 3 is 2.81 bits per heavy atom. The lowest BCUT2D eigenvalue weighted by atomic mass is 10.0. The van der Waals surface area contributed by atoms with Crippen LogP contribution in [0, 0.1) is 5.92 Å². The summed E-state index contributed by atoms with van der Waals surface area (Å²) in [5.41, 5.74) is 0. The summed E-state index contributed by atoms with van der Waals surface area (Å²) < 4.78 is 11.3. The highest BCUT2D eigenvalue weighted by Crippen LogP contribution is 2.27. The number of hydrogen-bond donors (Lipinski definition) is 0. The van der Waals surface area contributed by atoms with E-state index in [1.165, 1.54) is 0 Å². The van der Waals surface area contributed by atoms with Crippen LogP contribution in [0.5, 0.6) is 5.88 Å². The van der Waals surface area contributed by atoms with Gasteiger partial charge in [0.25, 0.3) is 0 Å². The minimum Gasteiger partial charge on any atom is -0.471 e. The zero-order chi connectivity index (χ0) is 18.6. The first kappa shape index (κ1) is 18.2. The maximum absolute atomic E-state index is 13.0. The van der Waals surface area contributed by atoms with E-state index >= 15 is 0 Å². The maximum atomic E-state index is 13.0. The number of rotatable bonds is 4. The number of carbonyl (C=O) groups excluding carboxylic acids is 2. The van der Waals surface area contributed by atoms with Crippen LogP contribution in [0.15, 0.2) is 18.6 Å². The van der Waals surface area contributed by atoms with Gasteiger partial charge >= 0.3 is 0 Å². The summed E-state index contributed by atoms with van der Waals surface area (Å²) >= 11 is 0. The highest BCUT2D eigenvalue weighted by molar-refractivity contribution is 5.89. The van der Waals surface area contributed by atoms with Crippen molar-refractivity contribution in [3.8, 4) is 5.88 Å². The fourth-order valence-electron chi connectivity index (χ4n) is 4.26. The molecule has 0 spiro atoms. The smallest absolute Gasteiger partial charge is 0.232 e. The van der Waals surface area contributed by atoms with E-state index in [0.717, 1.165) is 32.2 Å². The van der Waals surface area contributed by atoms with E-state index in [2.05, 4.69) is 9.97 Å². The van der Waals surface area contributed by atoms with Gasteiger partial charge in [0, 0.05) is 51.2 Å². The Labute approximate surface area is 158 Å². The van der Waals surface area contributed by atoms with E-state index in [0.29, 0.717) is 38.6 Å². The molecule has 3 aliphatic heterocycles. The molecule has 4 rings (SSSR count). The average Bonchev–Trinajstić information content (AvgIpc) is 3.11. The van der Waals surface area contributed by atoms with Crippen LogP contribution in [-0.2, 0) is 14.3 Å². The van der Waals surface area contributed by atoms with E-state index < -0.39 is 0 Å². The number of piperidine rings is 1. The third-order valence-electron chi connectivity index (χ3n) is 5.66. The van der Waals surface area contributed by atoms with Crippen molar-refractivity contribution in [1.82, 2.24) is 19.8 Å². The van der Waals surface area contributed by atoms with Gasteiger partial charge in [-0.2, -0.15) is 0 Å². The van der Waals surface area contributed by atoms with Crippen molar-refractivity contribution < 1.29 is 19.1 Å². The zero-order valence-corrected chi connectivity index (χ0v) is 15.5. The Morgan fingerprint density at radius 2 is 2.04 bits per heavy atom. The van der Waals surface area contributed by atoms with Gasteiger partial charge in [0.05, 0.1) is 18.7 Å². The summed E-state index contributed by atoms with van der Waals surface area (Å²) in [5, 5.41) is 0. The number of ether oxygens (including phenoxy) is 2. The normalized spacial score (nSPS) is 27.0. The quantitative estimate of drug-likeness (QED) is 0.778. The molecule has 3 fully saturated rings. The maximum Gasteiger partial charge on any atom is 0.232 e.